The number of carboxylic acids is 1. The van der Waals surface area contributed by atoms with Crippen molar-refractivity contribution < 1.29 is 33.7 Å². The quantitative estimate of drug-likeness (QED) is 0.391. The summed E-state index contributed by atoms with van der Waals surface area (Å²) in [4.78, 5) is 35.7. The van der Waals surface area contributed by atoms with Crippen molar-refractivity contribution >= 4 is 23.7 Å². The van der Waals surface area contributed by atoms with Gasteiger partial charge in [0.1, 0.15) is 12.4 Å². The molecule has 2 amide bonds. The number of halogens is 1. The summed E-state index contributed by atoms with van der Waals surface area (Å²) >= 11 is 0. The predicted molar refractivity (Wildman–Crippen MR) is 126 cm³/mol. The molecular weight excluding hydrogens is 455 g/mol. The van der Waals surface area contributed by atoms with Crippen LogP contribution in [0.3, 0.4) is 0 Å². The van der Waals surface area contributed by atoms with Crippen molar-refractivity contribution in [3.05, 3.63) is 89.2 Å². The van der Waals surface area contributed by atoms with Crippen LogP contribution in [0.4, 0.5) is 14.9 Å². The number of hydrogen-bond acceptors (Lipinski definition) is 5. The molecule has 4 rings (SSSR count). The minimum absolute atomic E-state index is 0.0111. The molecule has 1 atom stereocenters. The molecule has 0 fully saturated rings. The maximum absolute atomic E-state index is 14.5. The minimum Gasteiger partial charge on any atom is -0.481 e. The Bertz CT molecular complexity index is 1230. The fraction of sp³-hybridized carbons (Fsp3) is 0.192. The van der Waals surface area contributed by atoms with E-state index >= 15 is 0 Å². The first-order valence-corrected chi connectivity index (χ1v) is 10.9. The van der Waals surface area contributed by atoms with Gasteiger partial charge >= 0.3 is 12.1 Å². The van der Waals surface area contributed by atoms with E-state index in [2.05, 4.69) is 10.6 Å². The zero-order valence-electron chi connectivity index (χ0n) is 18.5. The summed E-state index contributed by atoms with van der Waals surface area (Å²) in [6.45, 7) is -0.344. The molecular formula is C26H23FN2O6. The van der Waals surface area contributed by atoms with Crippen LogP contribution in [0, 0.1) is 5.82 Å². The Morgan fingerprint density at radius 1 is 0.943 bits per heavy atom. The molecule has 0 spiro atoms. The van der Waals surface area contributed by atoms with Crippen molar-refractivity contribution in [3.63, 3.8) is 0 Å². The molecule has 0 saturated heterocycles. The Labute approximate surface area is 200 Å². The first-order chi connectivity index (χ1) is 16.8. The molecule has 9 heteroatoms. The molecule has 3 aromatic rings. The molecule has 1 aliphatic carbocycles. The zero-order valence-corrected chi connectivity index (χ0v) is 18.5. The molecule has 0 saturated carbocycles. The number of benzene rings is 3. The Morgan fingerprint density at radius 3 is 2.20 bits per heavy atom. The molecule has 1 unspecified atom stereocenters. The summed E-state index contributed by atoms with van der Waals surface area (Å²) in [5.41, 5.74) is 3.60. The number of anilines is 1. The lowest BCUT2D eigenvalue weighted by Gasteiger charge is -2.16. The molecule has 8 nitrogen and oxygen atoms in total. The van der Waals surface area contributed by atoms with E-state index in [1.807, 2.05) is 48.5 Å². The molecule has 4 N–H and O–H groups in total. The highest BCUT2D eigenvalue weighted by molar-refractivity contribution is 6.02. The molecule has 1 aliphatic rings. The van der Waals surface area contributed by atoms with Gasteiger partial charge in [0.25, 0.3) is 5.91 Å². The number of aliphatic hydroxyl groups excluding tert-OH is 1. The van der Waals surface area contributed by atoms with E-state index in [1.54, 1.807) is 0 Å². The fourth-order valence-electron chi connectivity index (χ4n) is 4.16. The molecule has 0 aromatic heterocycles. The molecule has 0 aliphatic heterocycles. The Hall–Kier alpha value is -4.24. The van der Waals surface area contributed by atoms with Crippen molar-refractivity contribution in [2.24, 2.45) is 0 Å². The number of rotatable bonds is 8. The largest absolute Gasteiger partial charge is 0.481 e. The maximum atomic E-state index is 14.5. The van der Waals surface area contributed by atoms with Gasteiger partial charge in [-0.3, -0.25) is 14.9 Å². The molecule has 180 valence electrons. The number of aliphatic hydroxyl groups is 1. The third-order valence-electron chi connectivity index (χ3n) is 5.74. The van der Waals surface area contributed by atoms with Crippen LogP contribution >= 0.6 is 0 Å². The van der Waals surface area contributed by atoms with Crippen LogP contribution in [0.15, 0.2) is 66.7 Å². The van der Waals surface area contributed by atoms with Gasteiger partial charge in [-0.25, -0.2) is 9.18 Å². The lowest BCUT2D eigenvalue weighted by Crippen LogP contribution is -2.34. The first kappa shape index (κ1) is 23.9. The van der Waals surface area contributed by atoms with E-state index < -0.39 is 36.3 Å². The van der Waals surface area contributed by atoms with Crippen LogP contribution in [-0.4, -0.2) is 47.4 Å². The van der Waals surface area contributed by atoms with Crippen molar-refractivity contribution in [2.45, 2.75) is 18.4 Å². The van der Waals surface area contributed by atoms with E-state index in [0.717, 1.165) is 28.3 Å². The first-order valence-electron chi connectivity index (χ1n) is 10.9. The second kappa shape index (κ2) is 10.4. The molecule has 3 aromatic carbocycles. The second-order valence-corrected chi connectivity index (χ2v) is 8.07. The lowest BCUT2D eigenvalue weighted by molar-refractivity contribution is -0.139. The van der Waals surface area contributed by atoms with Crippen LogP contribution < -0.4 is 10.6 Å². The van der Waals surface area contributed by atoms with Gasteiger partial charge in [-0.05, 0) is 34.4 Å². The lowest BCUT2D eigenvalue weighted by atomic mass is 9.98. The minimum atomic E-state index is -1.32. The molecule has 0 heterocycles. The van der Waals surface area contributed by atoms with Crippen LogP contribution in [0.1, 0.15) is 33.8 Å². The van der Waals surface area contributed by atoms with E-state index in [1.165, 1.54) is 12.1 Å². The summed E-state index contributed by atoms with van der Waals surface area (Å²) in [7, 11) is 0. The van der Waals surface area contributed by atoms with Gasteiger partial charge < -0.3 is 20.3 Å². The standard InChI is InChI=1S/C26H23FN2O6/c27-22-11-5-10-20(25(33)28-13-15(30)12-23(31)32)24(22)29-26(34)35-14-21-18-8-3-1-6-16(18)17-7-2-4-9-19(17)21/h1-11,15,21,30H,12-14H2,(H,28,33)(H,29,34)(H,31,32). The third-order valence-corrected chi connectivity index (χ3v) is 5.74. The molecule has 0 radical (unpaired) electrons. The highest BCUT2D eigenvalue weighted by Gasteiger charge is 2.29. The Balaban J connectivity index is 1.44. The Kier molecular flexibility index (Phi) is 7.07. The van der Waals surface area contributed by atoms with E-state index in [4.69, 9.17) is 9.84 Å². The van der Waals surface area contributed by atoms with Crippen molar-refractivity contribution in [2.75, 3.05) is 18.5 Å². The highest BCUT2D eigenvalue weighted by Crippen LogP contribution is 2.44. The van der Waals surface area contributed by atoms with E-state index in [0.29, 0.717) is 0 Å². The number of carbonyl (C=O) groups excluding carboxylic acids is 2. The summed E-state index contributed by atoms with van der Waals surface area (Å²) in [5.74, 6) is -3.05. The smallest absolute Gasteiger partial charge is 0.411 e. The SMILES string of the molecule is O=C(O)CC(O)CNC(=O)c1cccc(F)c1NC(=O)OCC1c2ccccc2-c2ccccc21. The van der Waals surface area contributed by atoms with Crippen LogP contribution in [0.2, 0.25) is 0 Å². The van der Waals surface area contributed by atoms with E-state index in [-0.39, 0.29) is 30.3 Å². The van der Waals surface area contributed by atoms with Gasteiger partial charge in [-0.15, -0.1) is 0 Å². The maximum Gasteiger partial charge on any atom is 0.411 e. The van der Waals surface area contributed by atoms with Crippen molar-refractivity contribution in [1.82, 2.24) is 5.32 Å². The summed E-state index contributed by atoms with van der Waals surface area (Å²) in [6, 6.07) is 19.3. The predicted octanol–water partition coefficient (Wildman–Crippen LogP) is 3.75. The topological polar surface area (TPSA) is 125 Å². The molecule has 35 heavy (non-hydrogen) atoms. The number of aliphatic carboxylic acids is 1. The van der Waals surface area contributed by atoms with Gasteiger partial charge in [0.05, 0.1) is 23.8 Å². The number of ether oxygens (including phenoxy) is 1. The summed E-state index contributed by atoms with van der Waals surface area (Å²) < 4.78 is 19.9. The van der Waals surface area contributed by atoms with Crippen LogP contribution in [0.25, 0.3) is 11.1 Å². The normalized spacial score (nSPS) is 12.9. The van der Waals surface area contributed by atoms with Crippen LogP contribution in [-0.2, 0) is 9.53 Å². The average molecular weight is 478 g/mol. The Morgan fingerprint density at radius 2 is 1.57 bits per heavy atom. The average Bonchev–Trinajstić information content (AvgIpc) is 3.16. The number of nitrogens with one attached hydrogen (secondary N) is 2. The van der Waals surface area contributed by atoms with E-state index in [9.17, 15) is 23.9 Å². The summed E-state index contributed by atoms with van der Waals surface area (Å²) in [5, 5.41) is 23.0. The number of hydrogen-bond donors (Lipinski definition) is 4. The summed E-state index contributed by atoms with van der Waals surface area (Å²) in [6.07, 6.45) is -2.81. The number of amides is 2. The van der Waals surface area contributed by atoms with Gasteiger partial charge in [-0.2, -0.15) is 0 Å². The highest BCUT2D eigenvalue weighted by atomic mass is 19.1. The third kappa shape index (κ3) is 5.30. The van der Waals surface area contributed by atoms with Gasteiger partial charge in [-0.1, -0.05) is 54.6 Å². The second-order valence-electron chi connectivity index (χ2n) is 8.07. The number of carboxylic acid groups (broad SMARTS) is 1. The fourth-order valence-corrected chi connectivity index (χ4v) is 4.16. The van der Waals surface area contributed by atoms with Crippen molar-refractivity contribution in [1.29, 1.82) is 0 Å². The number of para-hydroxylation sites is 1. The molecule has 0 bridgehead atoms. The number of carbonyl (C=O) groups is 3. The zero-order chi connectivity index (χ0) is 24.9. The number of fused-ring (bicyclic) bond motifs is 3. The van der Waals surface area contributed by atoms with Crippen molar-refractivity contribution in [3.8, 4) is 11.1 Å². The van der Waals surface area contributed by atoms with Gasteiger partial charge in [0, 0.05) is 12.5 Å². The van der Waals surface area contributed by atoms with Gasteiger partial charge in [0.2, 0.25) is 0 Å². The van der Waals surface area contributed by atoms with Crippen LogP contribution in [0.5, 0.6) is 0 Å². The van der Waals surface area contributed by atoms with Gasteiger partial charge in [0.15, 0.2) is 0 Å². The monoisotopic (exact) mass is 478 g/mol.